The predicted molar refractivity (Wildman–Crippen MR) is 120 cm³/mol. The second-order valence-corrected chi connectivity index (χ2v) is 9.08. The van der Waals surface area contributed by atoms with Gasteiger partial charge >= 0.3 is 0 Å². The number of nitrogens with zero attached hydrogens (tertiary/aromatic N) is 3. The molecule has 0 spiro atoms. The molecule has 3 heterocycles. The number of carbonyl (C=O) groups excluding carboxylic acids is 2. The zero-order valence-corrected chi connectivity index (χ0v) is 19.0. The predicted octanol–water partition coefficient (Wildman–Crippen LogP) is 4.47. The zero-order chi connectivity index (χ0) is 22.8. The lowest BCUT2D eigenvalue weighted by molar-refractivity contribution is -0.129. The van der Waals surface area contributed by atoms with Crippen LogP contribution in [0.4, 0.5) is 4.39 Å². The minimum atomic E-state index is -0.336. The molecule has 7 nitrogen and oxygen atoms in total. The van der Waals surface area contributed by atoms with Gasteiger partial charge in [-0.3, -0.25) is 9.59 Å². The maximum absolute atomic E-state index is 13.5. The number of aromatic nitrogens is 2. The summed E-state index contributed by atoms with van der Waals surface area (Å²) in [5.41, 5.74) is 2.34. The van der Waals surface area contributed by atoms with E-state index >= 15 is 0 Å². The molecule has 1 aliphatic rings. The molecule has 168 valence electrons. The quantitative estimate of drug-likeness (QED) is 0.612. The lowest BCUT2D eigenvalue weighted by Crippen LogP contribution is -2.36. The van der Waals surface area contributed by atoms with Crippen molar-refractivity contribution in [1.29, 1.82) is 0 Å². The average molecular weight is 457 g/mol. The maximum atomic E-state index is 13.5. The number of carbonyl (C=O) groups is 2. The third kappa shape index (κ3) is 4.57. The first kappa shape index (κ1) is 22.1. The fourth-order valence-corrected chi connectivity index (χ4v) is 4.73. The number of amides is 2. The molecule has 1 saturated heterocycles. The number of hydrogen-bond donors (Lipinski definition) is 1. The van der Waals surface area contributed by atoms with E-state index in [-0.39, 0.29) is 29.6 Å². The van der Waals surface area contributed by atoms with E-state index in [0.717, 1.165) is 18.4 Å². The van der Waals surface area contributed by atoms with Crippen LogP contribution < -0.4 is 5.32 Å². The van der Waals surface area contributed by atoms with Gasteiger partial charge in [-0.05, 0) is 51.0 Å². The Balaban J connectivity index is 1.73. The summed E-state index contributed by atoms with van der Waals surface area (Å²) in [6.45, 7) is 6.65. The van der Waals surface area contributed by atoms with Crippen molar-refractivity contribution in [2.45, 2.75) is 45.6 Å². The lowest BCUT2D eigenvalue weighted by Gasteiger charge is -2.30. The van der Waals surface area contributed by atoms with Crippen LogP contribution in [0, 0.1) is 5.82 Å². The van der Waals surface area contributed by atoms with Crippen LogP contribution in [0.5, 0.6) is 0 Å². The molecule has 4 rings (SSSR count). The van der Waals surface area contributed by atoms with Gasteiger partial charge in [0.05, 0.1) is 5.56 Å². The van der Waals surface area contributed by atoms with E-state index in [4.69, 9.17) is 4.52 Å². The first-order valence-corrected chi connectivity index (χ1v) is 11.5. The molecular formula is C23H25FN4O3S. The monoisotopic (exact) mass is 456 g/mol. The van der Waals surface area contributed by atoms with E-state index in [1.807, 2.05) is 18.7 Å². The van der Waals surface area contributed by atoms with Crippen LogP contribution in [-0.2, 0) is 4.79 Å². The number of piperidine rings is 1. The second-order valence-electron chi connectivity index (χ2n) is 8.22. The topological polar surface area (TPSA) is 88.3 Å². The Kier molecular flexibility index (Phi) is 6.36. The highest BCUT2D eigenvalue weighted by molar-refractivity contribution is 7.13. The third-order valence-electron chi connectivity index (χ3n) is 5.52. The Morgan fingerprint density at radius 3 is 2.53 bits per heavy atom. The van der Waals surface area contributed by atoms with Crippen molar-refractivity contribution in [3.63, 3.8) is 0 Å². The molecule has 3 aromatic rings. The summed E-state index contributed by atoms with van der Waals surface area (Å²) in [7, 11) is 0. The van der Waals surface area contributed by atoms with Gasteiger partial charge in [-0.15, -0.1) is 11.3 Å². The Hall–Kier alpha value is -3.07. The van der Waals surface area contributed by atoms with Crippen molar-refractivity contribution in [2.24, 2.45) is 0 Å². The van der Waals surface area contributed by atoms with Crippen molar-refractivity contribution in [3.8, 4) is 21.8 Å². The maximum Gasteiger partial charge on any atom is 0.270 e. The van der Waals surface area contributed by atoms with Gasteiger partial charge < -0.3 is 14.7 Å². The van der Waals surface area contributed by atoms with Crippen molar-refractivity contribution in [1.82, 2.24) is 20.4 Å². The Morgan fingerprint density at radius 1 is 1.22 bits per heavy atom. The van der Waals surface area contributed by atoms with E-state index in [1.165, 1.54) is 23.5 Å². The first-order valence-electron chi connectivity index (χ1n) is 10.6. The van der Waals surface area contributed by atoms with E-state index in [1.54, 1.807) is 24.4 Å². The third-order valence-corrected chi connectivity index (χ3v) is 6.38. The molecule has 1 aromatic carbocycles. The average Bonchev–Trinajstić information content (AvgIpc) is 3.41. The van der Waals surface area contributed by atoms with E-state index in [9.17, 15) is 14.0 Å². The molecule has 0 radical (unpaired) electrons. The van der Waals surface area contributed by atoms with Gasteiger partial charge in [0.25, 0.3) is 5.91 Å². The van der Waals surface area contributed by atoms with Gasteiger partial charge in [-0.1, -0.05) is 5.16 Å². The van der Waals surface area contributed by atoms with Crippen molar-refractivity contribution in [2.75, 3.05) is 13.1 Å². The molecule has 9 heteroatoms. The van der Waals surface area contributed by atoms with Crippen LogP contribution in [0.25, 0.3) is 21.8 Å². The van der Waals surface area contributed by atoms with Crippen molar-refractivity contribution in [3.05, 3.63) is 46.9 Å². The lowest BCUT2D eigenvalue weighted by atomic mass is 9.90. The molecular weight excluding hydrogens is 431 g/mol. The summed E-state index contributed by atoms with van der Waals surface area (Å²) >= 11 is 1.35. The molecule has 0 aliphatic carbocycles. The van der Waals surface area contributed by atoms with Crippen LogP contribution in [0.1, 0.15) is 55.8 Å². The molecule has 0 saturated carbocycles. The Labute approximate surface area is 189 Å². The minimum absolute atomic E-state index is 0.0000368. The summed E-state index contributed by atoms with van der Waals surface area (Å²) in [4.78, 5) is 30.5. The zero-order valence-electron chi connectivity index (χ0n) is 18.2. The summed E-state index contributed by atoms with van der Waals surface area (Å²) < 4.78 is 19.3. The molecule has 2 aromatic heterocycles. The van der Waals surface area contributed by atoms with E-state index < -0.39 is 0 Å². The van der Waals surface area contributed by atoms with Crippen LogP contribution in [0.3, 0.4) is 0 Å². The standard InChI is InChI=1S/C23H25FN4O3S/c1-13(2)25-22(30)18-12-32-23(26-18)19-20(15-4-6-17(24)7-5-15)27-31-21(19)16-8-10-28(11-9-16)14(3)29/h4-7,12-13,16H,8-11H2,1-3H3,(H,25,30). The fourth-order valence-electron chi connectivity index (χ4n) is 3.88. The molecule has 1 aliphatic heterocycles. The van der Waals surface area contributed by atoms with Crippen LogP contribution in [-0.4, -0.2) is 46.0 Å². The second kappa shape index (κ2) is 9.20. The van der Waals surface area contributed by atoms with Gasteiger partial charge in [0, 0.05) is 42.9 Å². The van der Waals surface area contributed by atoms with Gasteiger partial charge in [0.15, 0.2) is 5.76 Å². The number of rotatable bonds is 5. The molecule has 1 fully saturated rings. The van der Waals surface area contributed by atoms with Crippen molar-refractivity contribution >= 4 is 23.2 Å². The molecule has 0 bridgehead atoms. The van der Waals surface area contributed by atoms with Crippen LogP contribution in [0.15, 0.2) is 34.2 Å². The molecule has 0 unspecified atom stereocenters. The first-order chi connectivity index (χ1) is 15.3. The van der Waals surface area contributed by atoms with Gasteiger partial charge in [-0.2, -0.15) is 0 Å². The number of likely N-dealkylation sites (tertiary alicyclic amines) is 1. The number of benzene rings is 1. The molecule has 0 atom stereocenters. The molecule has 32 heavy (non-hydrogen) atoms. The number of nitrogens with one attached hydrogen (secondary N) is 1. The van der Waals surface area contributed by atoms with Crippen LogP contribution in [0.2, 0.25) is 0 Å². The highest BCUT2D eigenvalue weighted by Crippen LogP contribution is 2.42. The van der Waals surface area contributed by atoms with Gasteiger partial charge in [0.2, 0.25) is 5.91 Å². The summed E-state index contributed by atoms with van der Waals surface area (Å²) in [5.74, 6) is 0.252. The smallest absolute Gasteiger partial charge is 0.270 e. The minimum Gasteiger partial charge on any atom is -0.360 e. The number of thiazole rings is 1. The summed E-state index contributed by atoms with van der Waals surface area (Å²) in [6.07, 6.45) is 1.49. The molecule has 1 N–H and O–H groups in total. The fraction of sp³-hybridized carbons (Fsp3) is 0.391. The van der Waals surface area contributed by atoms with Crippen LogP contribution >= 0.6 is 11.3 Å². The van der Waals surface area contributed by atoms with Gasteiger partial charge in [-0.25, -0.2) is 9.37 Å². The SMILES string of the molecule is CC(=O)N1CCC(c2onc(-c3ccc(F)cc3)c2-c2nc(C(=O)NC(C)C)cs2)CC1. The van der Waals surface area contributed by atoms with E-state index in [2.05, 4.69) is 15.5 Å². The van der Waals surface area contributed by atoms with Gasteiger partial charge in [0.1, 0.15) is 22.2 Å². The normalized spacial score (nSPS) is 14.7. The summed E-state index contributed by atoms with van der Waals surface area (Å²) in [5, 5.41) is 9.51. The highest BCUT2D eigenvalue weighted by Gasteiger charge is 2.31. The summed E-state index contributed by atoms with van der Waals surface area (Å²) in [6, 6.07) is 6.06. The Bertz CT molecular complexity index is 1110. The highest BCUT2D eigenvalue weighted by atomic mass is 32.1. The van der Waals surface area contributed by atoms with Crippen molar-refractivity contribution < 1.29 is 18.5 Å². The largest absolute Gasteiger partial charge is 0.360 e. The Morgan fingerprint density at radius 2 is 1.91 bits per heavy atom. The number of hydrogen-bond acceptors (Lipinski definition) is 6. The number of halogens is 1. The van der Waals surface area contributed by atoms with E-state index in [0.29, 0.717) is 40.8 Å². The molecule has 2 amide bonds.